The van der Waals surface area contributed by atoms with Crippen LogP contribution in [0.3, 0.4) is 0 Å². The molecule has 0 unspecified atom stereocenters. The highest BCUT2D eigenvalue weighted by Gasteiger charge is 2.12. The fourth-order valence-electron chi connectivity index (χ4n) is 2.00. The average molecular weight is 367 g/mol. The summed E-state index contributed by atoms with van der Waals surface area (Å²) in [6.07, 6.45) is 0. The molecule has 0 aromatic heterocycles. The van der Waals surface area contributed by atoms with Gasteiger partial charge in [-0.15, -0.1) is 16.0 Å². The third-order valence-corrected chi connectivity index (χ3v) is 3.32. The highest BCUT2D eigenvalue weighted by atomic mass is 16.4. The first kappa shape index (κ1) is 19.3. The minimum atomic E-state index is -1.37. The number of anilines is 1. The van der Waals surface area contributed by atoms with Gasteiger partial charge >= 0.3 is 5.97 Å². The van der Waals surface area contributed by atoms with Crippen molar-refractivity contribution in [3.8, 4) is 0 Å². The van der Waals surface area contributed by atoms with Crippen LogP contribution in [0, 0.1) is 0 Å². The maximum Gasteiger partial charge on any atom is 0.337 e. The van der Waals surface area contributed by atoms with Gasteiger partial charge in [-0.3, -0.25) is 4.79 Å². The Morgan fingerprint density at radius 1 is 1.00 bits per heavy atom. The van der Waals surface area contributed by atoms with Crippen LogP contribution >= 0.6 is 0 Å². The lowest BCUT2D eigenvalue weighted by molar-refractivity contribution is -0.303. The van der Waals surface area contributed by atoms with Crippen molar-refractivity contribution in [2.45, 2.75) is 6.92 Å². The first-order valence-electron chi connectivity index (χ1n) is 7.54. The van der Waals surface area contributed by atoms with Gasteiger partial charge in [-0.05, 0) is 29.8 Å². The summed E-state index contributed by atoms with van der Waals surface area (Å²) in [6.45, 7) is 1.11. The van der Waals surface area contributed by atoms with E-state index >= 15 is 0 Å². The van der Waals surface area contributed by atoms with Crippen LogP contribution in [0.5, 0.6) is 0 Å². The van der Waals surface area contributed by atoms with Gasteiger partial charge in [-0.2, -0.15) is 0 Å². The monoisotopic (exact) mass is 367 g/mol. The molecule has 2 N–H and O–H groups in total. The Morgan fingerprint density at radius 2 is 1.63 bits per heavy atom. The maximum atomic E-state index is 12.2. The zero-order chi connectivity index (χ0) is 20.0. The van der Waals surface area contributed by atoms with Gasteiger partial charge in [0.2, 0.25) is 0 Å². The summed E-state index contributed by atoms with van der Waals surface area (Å²) in [5, 5.41) is 41.2. The maximum absolute atomic E-state index is 12.2. The van der Waals surface area contributed by atoms with Crippen molar-refractivity contribution in [2.75, 3.05) is 5.32 Å². The Hall–Kier alpha value is -4.01. The molecule has 0 atom stereocenters. The number of carboxylic acid groups (broad SMARTS) is 2. The van der Waals surface area contributed by atoms with Crippen LogP contribution in [0.15, 0.2) is 70.2 Å². The molecule has 2 aromatic rings. The summed E-state index contributed by atoms with van der Waals surface area (Å²) < 4.78 is 0. The molecule has 0 aliphatic carbocycles. The predicted molar refractivity (Wildman–Crippen MR) is 90.0 cm³/mol. The number of carboxylic acids is 2. The number of allylic oxidation sites excluding steroid dienone is 1. The molecule has 0 fully saturated rings. The van der Waals surface area contributed by atoms with Crippen molar-refractivity contribution < 1.29 is 29.7 Å². The second kappa shape index (κ2) is 8.39. The van der Waals surface area contributed by atoms with E-state index in [-0.39, 0.29) is 22.5 Å². The number of hydrogen-bond acceptors (Lipinski definition) is 7. The highest BCUT2D eigenvalue weighted by Crippen LogP contribution is 2.21. The van der Waals surface area contributed by atoms with E-state index in [1.165, 1.54) is 48.5 Å². The number of azo groups is 1. The van der Waals surface area contributed by atoms with Crippen LogP contribution < -0.4 is 15.5 Å². The van der Waals surface area contributed by atoms with Gasteiger partial charge < -0.3 is 25.4 Å². The smallest absolute Gasteiger partial charge is 0.337 e. The standard InChI is InChI=1S/C18H15N3O6/c1-10(22)15(21-20-14-5-3-2-4-13(14)18(26)27)16(23)19-12-8-6-11(7-9-12)17(24)25/h2-9,22H,1H3,(H,19,23)(H,24,25)(H,26,27)/p-2. The topological polar surface area (TPSA) is 154 Å². The first-order valence-corrected chi connectivity index (χ1v) is 7.54. The Morgan fingerprint density at radius 3 is 2.19 bits per heavy atom. The van der Waals surface area contributed by atoms with E-state index < -0.39 is 29.3 Å². The number of nitrogens with one attached hydrogen (secondary N) is 1. The number of benzene rings is 2. The molecule has 0 saturated heterocycles. The number of amides is 1. The van der Waals surface area contributed by atoms with Crippen molar-refractivity contribution in [3.63, 3.8) is 0 Å². The molecule has 9 heteroatoms. The van der Waals surface area contributed by atoms with Gasteiger partial charge in [0.05, 0.1) is 11.5 Å². The van der Waals surface area contributed by atoms with E-state index in [9.17, 15) is 24.6 Å². The van der Waals surface area contributed by atoms with Crippen LogP contribution in [0.25, 0.3) is 0 Å². The lowest BCUT2D eigenvalue weighted by atomic mass is 10.2. The minimum absolute atomic E-state index is 0.0186. The molecule has 1 amide bonds. The molecule has 0 heterocycles. The van der Waals surface area contributed by atoms with E-state index in [1.54, 1.807) is 0 Å². The molecule has 0 bridgehead atoms. The number of nitrogens with zero attached hydrogens (tertiary/aromatic N) is 2. The third-order valence-electron chi connectivity index (χ3n) is 3.32. The third kappa shape index (κ3) is 4.98. The predicted octanol–water partition coefficient (Wildman–Crippen LogP) is 1.06. The molecule has 0 spiro atoms. The normalized spacial score (nSPS) is 11.7. The van der Waals surface area contributed by atoms with Gasteiger partial charge in [-0.1, -0.05) is 31.2 Å². The molecule has 27 heavy (non-hydrogen) atoms. The molecule has 138 valence electrons. The van der Waals surface area contributed by atoms with E-state index in [0.717, 1.165) is 6.92 Å². The molecule has 0 radical (unpaired) electrons. The molecule has 0 saturated carbocycles. The molecule has 2 aromatic carbocycles. The van der Waals surface area contributed by atoms with Crippen molar-refractivity contribution in [1.29, 1.82) is 0 Å². The van der Waals surface area contributed by atoms with Gasteiger partial charge in [0.25, 0.3) is 5.91 Å². The number of aromatic carboxylic acids is 2. The Bertz CT molecular complexity index is 944. The Labute approximate surface area is 153 Å². The van der Waals surface area contributed by atoms with Crippen LogP contribution in [0.2, 0.25) is 0 Å². The Kier molecular flexibility index (Phi) is 6.00. The second-order valence-corrected chi connectivity index (χ2v) is 5.25. The summed E-state index contributed by atoms with van der Waals surface area (Å²) >= 11 is 0. The van der Waals surface area contributed by atoms with Gasteiger partial charge in [-0.25, -0.2) is 4.79 Å². The van der Waals surface area contributed by atoms with Crippen LogP contribution in [0.1, 0.15) is 27.6 Å². The van der Waals surface area contributed by atoms with Crippen LogP contribution in [-0.2, 0) is 4.79 Å². The van der Waals surface area contributed by atoms with E-state index in [1.807, 2.05) is 0 Å². The fourth-order valence-corrected chi connectivity index (χ4v) is 2.00. The summed E-state index contributed by atoms with van der Waals surface area (Å²) in [6, 6.07) is 10.8. The average Bonchev–Trinajstić information content (AvgIpc) is 2.62. The molecular weight excluding hydrogens is 354 g/mol. The number of carbonyl (C=O) groups excluding carboxylic acids is 2. The summed E-state index contributed by atoms with van der Waals surface area (Å²) in [4.78, 5) is 34.1. The number of carbonyl (C=O) groups is 3. The van der Waals surface area contributed by atoms with E-state index in [2.05, 4.69) is 15.5 Å². The lowest BCUT2D eigenvalue weighted by Crippen LogP contribution is -2.22. The van der Waals surface area contributed by atoms with E-state index in [0.29, 0.717) is 0 Å². The van der Waals surface area contributed by atoms with Gasteiger partial charge in [0.1, 0.15) is 11.4 Å². The summed E-state index contributed by atoms with van der Waals surface area (Å²) in [7, 11) is 0. The van der Waals surface area contributed by atoms with Crippen LogP contribution in [0.4, 0.5) is 11.4 Å². The molecule has 0 aliphatic heterocycles. The second-order valence-electron chi connectivity index (χ2n) is 5.25. The first-order chi connectivity index (χ1) is 12.8. The minimum Gasteiger partial charge on any atom is -0.874 e. The molecule has 2 rings (SSSR count). The largest absolute Gasteiger partial charge is 0.874 e. The molecule has 9 nitrogen and oxygen atoms in total. The summed E-state index contributed by atoms with van der Waals surface area (Å²) in [5.74, 6) is -4.16. The van der Waals surface area contributed by atoms with Crippen molar-refractivity contribution >= 4 is 29.2 Å². The zero-order valence-electron chi connectivity index (χ0n) is 14.0. The quantitative estimate of drug-likeness (QED) is 0.442. The van der Waals surface area contributed by atoms with Crippen LogP contribution in [-0.4, -0.2) is 23.0 Å². The Balaban J connectivity index is 2.23. The molecule has 0 aliphatic rings. The summed E-state index contributed by atoms with van der Waals surface area (Å²) in [5.41, 5.74) is -0.546. The van der Waals surface area contributed by atoms with Crippen molar-refractivity contribution in [1.82, 2.24) is 0 Å². The fraction of sp³-hybridized carbons (Fsp3) is 0.0556. The number of rotatable bonds is 6. The van der Waals surface area contributed by atoms with Gasteiger partial charge in [0, 0.05) is 5.69 Å². The highest BCUT2D eigenvalue weighted by molar-refractivity contribution is 6.03. The van der Waals surface area contributed by atoms with Crippen molar-refractivity contribution in [2.24, 2.45) is 10.2 Å². The van der Waals surface area contributed by atoms with E-state index in [4.69, 9.17) is 5.11 Å². The molecular formula is C18H13N3O6-2. The zero-order valence-corrected chi connectivity index (χ0v) is 14.0. The SMILES string of the molecule is CC([O-])=C(N=Nc1ccccc1C(=O)O)C(=O)Nc1ccc(C(=O)[O-])cc1. The van der Waals surface area contributed by atoms with Crippen molar-refractivity contribution in [3.05, 3.63) is 71.1 Å². The number of hydrogen-bond donors (Lipinski definition) is 2. The lowest BCUT2D eigenvalue weighted by Gasteiger charge is -2.11. The van der Waals surface area contributed by atoms with Gasteiger partial charge in [0.15, 0.2) is 0 Å².